The molecule has 8 N–H and O–H groups in total. The van der Waals surface area contributed by atoms with Crippen LogP contribution in [0.1, 0.15) is 32.4 Å². The summed E-state index contributed by atoms with van der Waals surface area (Å²) < 4.78 is 35.5. The molecule has 47 heavy (non-hydrogen) atoms. The number of carboxylic acid groups (broad SMARTS) is 1. The fourth-order valence-corrected chi connectivity index (χ4v) is 5.57. The van der Waals surface area contributed by atoms with E-state index in [9.17, 15) is 27.9 Å². The summed E-state index contributed by atoms with van der Waals surface area (Å²) in [4.78, 5) is 53.1. The van der Waals surface area contributed by atoms with Crippen LogP contribution in [0.25, 0.3) is 0 Å². The number of amides is 2. The first-order valence-electron chi connectivity index (χ1n) is 14.2. The molecule has 0 spiro atoms. The van der Waals surface area contributed by atoms with Crippen LogP contribution >= 0.6 is 11.3 Å². The average molecular weight is 698 g/mol. The molecule has 3 atom stereocenters. The molecule has 0 radical (unpaired) electrons. The number of nitrogens with one attached hydrogen (secondary N) is 2. The predicted molar refractivity (Wildman–Crippen MR) is 173 cm³/mol. The molecule has 18 nitrogen and oxygen atoms in total. The van der Waals surface area contributed by atoms with Gasteiger partial charge in [0.15, 0.2) is 10.8 Å². The molecule has 258 valence electrons. The molecule has 1 fully saturated rings. The van der Waals surface area contributed by atoms with Gasteiger partial charge in [0.05, 0.1) is 12.1 Å². The Kier molecular flexibility index (Phi) is 12.6. The number of carbonyl (C=O) groups is 3. The van der Waals surface area contributed by atoms with Crippen molar-refractivity contribution in [3.05, 3.63) is 46.8 Å². The zero-order chi connectivity index (χ0) is 34.9. The summed E-state index contributed by atoms with van der Waals surface area (Å²) in [7, 11) is -1.65. The fourth-order valence-electron chi connectivity index (χ4n) is 4.57. The van der Waals surface area contributed by atoms with E-state index in [4.69, 9.17) is 20.9 Å². The van der Waals surface area contributed by atoms with E-state index in [1.165, 1.54) is 19.2 Å². The number of hydrogen-bond acceptors (Lipinski definition) is 15. The Morgan fingerprint density at radius 3 is 2.64 bits per heavy atom. The SMILES string of the molecule is CN=C/C(=C\NCCCN)C1C=CC(N(C)CC(O/N=C(\C(=O)N[C@@H]2C(=O)N(OS(=O)(=O)O)C2(C)C)c2csc(N)n2)C(=O)O)=CC1. The minimum atomic E-state index is -5.01. The lowest BCUT2D eigenvalue weighted by Crippen LogP contribution is -2.76. The topological polar surface area (TPSA) is 264 Å². The quantitative estimate of drug-likeness (QED) is 0.0400. The minimum Gasteiger partial charge on any atom is -0.478 e. The van der Waals surface area contributed by atoms with Crippen molar-refractivity contribution in [3.63, 3.8) is 0 Å². The number of thiazole rings is 1. The lowest BCUT2D eigenvalue weighted by Gasteiger charge is -2.50. The van der Waals surface area contributed by atoms with Crippen LogP contribution in [0.5, 0.6) is 0 Å². The highest BCUT2D eigenvalue weighted by Crippen LogP contribution is 2.33. The Bertz CT molecular complexity index is 1580. The largest absolute Gasteiger partial charge is 0.478 e. The molecule has 3 rings (SSSR count). The lowest BCUT2D eigenvalue weighted by atomic mass is 9.84. The van der Waals surface area contributed by atoms with Gasteiger partial charge in [0.1, 0.15) is 11.7 Å². The number of nitrogens with two attached hydrogens (primary N) is 2. The standard InChI is InChI=1S/C27H39N9O9S2/c1-27(2)22(24(38)36(27)45-47(41,42)43)33-23(37)21(19-15-46-26(29)32-19)34-44-20(25(39)40)14-35(4)18-8-6-16(7-9-18)17(12-30-3)13-31-11-5-10-28/h6,8-9,12-13,15-16,20,22,31H,5,7,10-11,14,28H2,1-4H3,(H2,29,32)(H,33,37)(H,39,40)(H,41,42,43)/b17-13+,30-12?,34-21-/t16?,20?,22-/m1/s1. The van der Waals surface area contributed by atoms with Gasteiger partial charge in [0.25, 0.3) is 11.8 Å². The summed E-state index contributed by atoms with van der Waals surface area (Å²) >= 11 is 0.977. The summed E-state index contributed by atoms with van der Waals surface area (Å²) in [6.07, 6.45) is 9.39. The molecule has 1 saturated heterocycles. The van der Waals surface area contributed by atoms with Crippen LogP contribution in [0.4, 0.5) is 5.13 Å². The lowest BCUT2D eigenvalue weighted by molar-refractivity contribution is -0.218. The molecule has 0 bridgehead atoms. The zero-order valence-electron chi connectivity index (χ0n) is 26.2. The number of carbonyl (C=O) groups excluding carboxylic acids is 2. The Morgan fingerprint density at radius 2 is 2.11 bits per heavy atom. The molecule has 1 aliphatic carbocycles. The van der Waals surface area contributed by atoms with Crippen molar-refractivity contribution >= 4 is 56.6 Å². The van der Waals surface area contributed by atoms with Gasteiger partial charge in [0.2, 0.25) is 6.10 Å². The third kappa shape index (κ3) is 9.81. The van der Waals surface area contributed by atoms with Gasteiger partial charge in [-0.1, -0.05) is 17.3 Å². The molecular weight excluding hydrogens is 658 g/mol. The summed E-state index contributed by atoms with van der Waals surface area (Å²) in [6.45, 7) is 3.90. The first kappa shape index (κ1) is 37.1. The number of aliphatic carboxylic acids is 1. The van der Waals surface area contributed by atoms with Crippen molar-refractivity contribution in [3.8, 4) is 0 Å². The second-order valence-electron chi connectivity index (χ2n) is 11.0. The summed E-state index contributed by atoms with van der Waals surface area (Å²) in [5.41, 5.74) is 11.0. The number of nitrogens with zero attached hydrogens (tertiary/aromatic N) is 5. The van der Waals surface area contributed by atoms with Crippen LogP contribution in [0.15, 0.2) is 51.2 Å². The second-order valence-corrected chi connectivity index (χ2v) is 12.9. The first-order valence-corrected chi connectivity index (χ1v) is 16.5. The van der Waals surface area contributed by atoms with Crippen molar-refractivity contribution in [2.45, 2.75) is 44.4 Å². The number of rotatable bonds is 17. The normalized spacial score (nSPS) is 20.4. The van der Waals surface area contributed by atoms with Crippen molar-refractivity contribution in [2.75, 3.05) is 39.5 Å². The molecule has 2 amide bonds. The van der Waals surface area contributed by atoms with Crippen molar-refractivity contribution in [2.24, 2.45) is 21.8 Å². The Morgan fingerprint density at radius 1 is 1.38 bits per heavy atom. The molecule has 1 aliphatic heterocycles. The van der Waals surface area contributed by atoms with E-state index in [-0.39, 0.29) is 23.3 Å². The number of allylic oxidation sites excluding steroid dienone is 4. The number of oxime groups is 1. The molecule has 2 heterocycles. The van der Waals surface area contributed by atoms with E-state index in [0.717, 1.165) is 35.6 Å². The van der Waals surface area contributed by atoms with Gasteiger partial charge in [-0.25, -0.2) is 9.78 Å². The monoisotopic (exact) mass is 697 g/mol. The summed E-state index contributed by atoms with van der Waals surface area (Å²) in [6, 6.07) is -1.31. The van der Waals surface area contributed by atoms with Crippen LogP contribution in [0, 0.1) is 5.92 Å². The fraction of sp³-hybridized carbons (Fsp3) is 0.481. The van der Waals surface area contributed by atoms with Crippen LogP contribution in [0.2, 0.25) is 0 Å². The molecule has 20 heteroatoms. The van der Waals surface area contributed by atoms with Gasteiger partial charge in [-0.05, 0) is 44.9 Å². The van der Waals surface area contributed by atoms with Gasteiger partial charge < -0.3 is 36.9 Å². The molecular formula is C27H39N9O9S2. The zero-order valence-corrected chi connectivity index (χ0v) is 27.8. The van der Waals surface area contributed by atoms with E-state index in [1.54, 1.807) is 25.2 Å². The smallest absolute Gasteiger partial charge is 0.418 e. The number of aliphatic imine (C=N–C) groups is 1. The number of hydroxylamine groups is 2. The first-order chi connectivity index (χ1) is 22.1. The summed E-state index contributed by atoms with van der Waals surface area (Å²) in [5.74, 6) is -3.29. The van der Waals surface area contributed by atoms with E-state index in [1.807, 2.05) is 24.4 Å². The van der Waals surface area contributed by atoms with Crippen LogP contribution < -0.4 is 22.1 Å². The highest BCUT2D eigenvalue weighted by molar-refractivity contribution is 7.80. The maximum atomic E-state index is 13.3. The number of hydrogen-bond donors (Lipinski definition) is 6. The van der Waals surface area contributed by atoms with Gasteiger partial charge in [-0.2, -0.15) is 13.5 Å². The van der Waals surface area contributed by atoms with Gasteiger partial charge in [-0.3, -0.25) is 19.1 Å². The predicted octanol–water partition coefficient (Wildman–Crippen LogP) is -0.346. The minimum absolute atomic E-state index is 0.0446. The molecule has 2 unspecified atom stereocenters. The van der Waals surface area contributed by atoms with Crippen LogP contribution in [-0.4, -0.2) is 114 Å². The van der Waals surface area contributed by atoms with E-state index >= 15 is 0 Å². The maximum absolute atomic E-state index is 13.3. The van der Waals surface area contributed by atoms with Crippen LogP contribution in [-0.2, 0) is 33.9 Å². The number of carboxylic acids is 1. The number of aromatic nitrogens is 1. The van der Waals surface area contributed by atoms with Crippen molar-refractivity contribution in [1.82, 2.24) is 25.6 Å². The van der Waals surface area contributed by atoms with Gasteiger partial charge >= 0.3 is 16.4 Å². The number of nitrogen functional groups attached to an aromatic ring is 1. The third-order valence-corrected chi connectivity index (χ3v) is 8.12. The third-order valence-electron chi connectivity index (χ3n) is 7.11. The number of likely N-dealkylation sites (N-methyl/N-ethyl adjacent to an activating group) is 1. The van der Waals surface area contributed by atoms with E-state index < -0.39 is 51.6 Å². The average Bonchev–Trinajstić information content (AvgIpc) is 3.44. The highest BCUT2D eigenvalue weighted by atomic mass is 32.3. The van der Waals surface area contributed by atoms with Gasteiger partial charge in [0, 0.05) is 50.0 Å². The number of anilines is 1. The molecule has 1 aromatic rings. The number of β-lactam (4-membered cyclic amide) rings is 1. The van der Waals surface area contributed by atoms with E-state index in [2.05, 4.69) is 30.0 Å². The Labute approximate surface area is 275 Å². The molecule has 0 saturated carbocycles. The van der Waals surface area contributed by atoms with Gasteiger partial charge in [-0.15, -0.1) is 15.6 Å². The molecule has 2 aliphatic rings. The second kappa shape index (κ2) is 16.0. The molecule has 1 aromatic heterocycles. The Balaban J connectivity index is 1.73. The van der Waals surface area contributed by atoms with Crippen LogP contribution in [0.3, 0.4) is 0 Å². The molecule has 0 aromatic carbocycles. The summed E-state index contributed by atoms with van der Waals surface area (Å²) in [5, 5.41) is 21.2. The Hall–Kier alpha value is -4.37. The van der Waals surface area contributed by atoms with E-state index in [0.29, 0.717) is 18.0 Å². The van der Waals surface area contributed by atoms with Crippen molar-refractivity contribution < 1.29 is 41.6 Å². The highest BCUT2D eigenvalue weighted by Gasteiger charge is 2.58. The maximum Gasteiger partial charge on any atom is 0.418 e. The van der Waals surface area contributed by atoms with Crippen molar-refractivity contribution in [1.29, 1.82) is 0 Å².